The Morgan fingerprint density at radius 2 is 1.67 bits per heavy atom. The zero-order valence-corrected chi connectivity index (χ0v) is 11.1. The van der Waals surface area contributed by atoms with Gasteiger partial charge in [0.1, 0.15) is 6.29 Å². The van der Waals surface area contributed by atoms with E-state index in [1.54, 1.807) is 0 Å². The van der Waals surface area contributed by atoms with Crippen LogP contribution in [0.15, 0.2) is 11.6 Å². The van der Waals surface area contributed by atoms with Gasteiger partial charge in [-0.05, 0) is 38.0 Å². The van der Waals surface area contributed by atoms with Crippen LogP contribution in [-0.2, 0) is 4.79 Å². The van der Waals surface area contributed by atoms with E-state index in [1.807, 2.05) is 6.92 Å². The third-order valence-electron chi connectivity index (χ3n) is 3.15. The predicted molar refractivity (Wildman–Crippen MR) is 66.8 cm³/mol. The number of hydrogen-bond donors (Lipinski definition) is 0. The van der Waals surface area contributed by atoms with E-state index in [4.69, 9.17) is 0 Å². The Labute approximate surface area is 95.0 Å². The fourth-order valence-electron chi connectivity index (χ4n) is 2.45. The molecule has 1 nitrogen and oxygen atoms in total. The topological polar surface area (TPSA) is 17.1 Å². The highest BCUT2D eigenvalue weighted by atomic mass is 16.1. The molecule has 0 aliphatic rings. The fraction of sp³-hybridized carbons (Fsp3) is 0.786. The standard InChI is InChI=1S/C14H26O/c1-10(2)7-8-12(5)14(11(3)4)13(6)9-15/h7,9,11-14H,8H2,1-6H3. The maximum Gasteiger partial charge on any atom is 0.123 e. The first kappa shape index (κ1) is 14.4. The number of carbonyl (C=O) groups excluding carboxylic acids is 1. The second-order valence-electron chi connectivity index (χ2n) is 5.31. The first-order valence-electron chi connectivity index (χ1n) is 5.98. The van der Waals surface area contributed by atoms with Crippen LogP contribution < -0.4 is 0 Å². The van der Waals surface area contributed by atoms with Gasteiger partial charge in [-0.3, -0.25) is 0 Å². The lowest BCUT2D eigenvalue weighted by atomic mass is 9.75. The monoisotopic (exact) mass is 210 g/mol. The molecule has 0 saturated heterocycles. The summed E-state index contributed by atoms with van der Waals surface area (Å²) in [7, 11) is 0. The molecule has 0 aliphatic carbocycles. The van der Waals surface area contributed by atoms with Gasteiger partial charge in [0.2, 0.25) is 0 Å². The lowest BCUT2D eigenvalue weighted by Gasteiger charge is -2.29. The minimum absolute atomic E-state index is 0.172. The first-order chi connectivity index (χ1) is 6.90. The predicted octanol–water partition coefficient (Wildman–Crippen LogP) is 4.09. The van der Waals surface area contributed by atoms with E-state index < -0.39 is 0 Å². The molecular weight excluding hydrogens is 184 g/mol. The maximum absolute atomic E-state index is 10.9. The van der Waals surface area contributed by atoms with E-state index in [-0.39, 0.29) is 5.92 Å². The van der Waals surface area contributed by atoms with Gasteiger partial charge in [0.15, 0.2) is 0 Å². The Hall–Kier alpha value is -0.590. The minimum Gasteiger partial charge on any atom is -0.303 e. The van der Waals surface area contributed by atoms with Gasteiger partial charge in [-0.25, -0.2) is 0 Å². The molecule has 0 bridgehead atoms. The molecule has 3 atom stereocenters. The van der Waals surface area contributed by atoms with Crippen molar-refractivity contribution in [3.05, 3.63) is 11.6 Å². The van der Waals surface area contributed by atoms with E-state index >= 15 is 0 Å². The van der Waals surface area contributed by atoms with Crippen LogP contribution in [0.2, 0.25) is 0 Å². The van der Waals surface area contributed by atoms with Gasteiger partial charge in [-0.15, -0.1) is 0 Å². The normalized spacial score (nSPS) is 17.0. The number of aldehydes is 1. The highest BCUT2D eigenvalue weighted by Crippen LogP contribution is 2.30. The largest absolute Gasteiger partial charge is 0.303 e. The van der Waals surface area contributed by atoms with Crippen molar-refractivity contribution in [3.63, 3.8) is 0 Å². The Morgan fingerprint density at radius 3 is 2.00 bits per heavy atom. The number of allylic oxidation sites excluding steroid dienone is 2. The highest BCUT2D eigenvalue weighted by molar-refractivity contribution is 5.53. The number of rotatable bonds is 6. The summed E-state index contributed by atoms with van der Waals surface area (Å²) in [6.45, 7) is 13.0. The number of hydrogen-bond acceptors (Lipinski definition) is 1. The van der Waals surface area contributed by atoms with Crippen LogP contribution in [0, 0.1) is 23.7 Å². The Kier molecular flexibility index (Phi) is 6.55. The van der Waals surface area contributed by atoms with Gasteiger partial charge in [0.25, 0.3) is 0 Å². The van der Waals surface area contributed by atoms with Crippen LogP contribution in [0.4, 0.5) is 0 Å². The van der Waals surface area contributed by atoms with Crippen molar-refractivity contribution >= 4 is 6.29 Å². The molecule has 0 fully saturated rings. The van der Waals surface area contributed by atoms with Crippen LogP contribution in [-0.4, -0.2) is 6.29 Å². The van der Waals surface area contributed by atoms with Crippen LogP contribution >= 0.6 is 0 Å². The van der Waals surface area contributed by atoms with E-state index in [0.717, 1.165) is 12.7 Å². The fourth-order valence-corrected chi connectivity index (χ4v) is 2.45. The first-order valence-corrected chi connectivity index (χ1v) is 5.98. The number of carbonyl (C=O) groups is 1. The van der Waals surface area contributed by atoms with Crippen molar-refractivity contribution in [1.29, 1.82) is 0 Å². The van der Waals surface area contributed by atoms with E-state index in [0.29, 0.717) is 17.8 Å². The summed E-state index contributed by atoms with van der Waals surface area (Å²) < 4.78 is 0. The van der Waals surface area contributed by atoms with E-state index in [1.165, 1.54) is 5.57 Å². The lowest BCUT2D eigenvalue weighted by molar-refractivity contribution is -0.113. The summed E-state index contributed by atoms with van der Waals surface area (Å²) in [5.41, 5.74) is 1.36. The van der Waals surface area contributed by atoms with Gasteiger partial charge in [0, 0.05) is 5.92 Å². The lowest BCUT2D eigenvalue weighted by Crippen LogP contribution is -2.25. The van der Waals surface area contributed by atoms with Gasteiger partial charge in [0.05, 0.1) is 0 Å². The van der Waals surface area contributed by atoms with Crippen molar-refractivity contribution in [2.24, 2.45) is 23.7 Å². The molecule has 0 rings (SSSR count). The van der Waals surface area contributed by atoms with Crippen molar-refractivity contribution in [1.82, 2.24) is 0 Å². The van der Waals surface area contributed by atoms with E-state index in [9.17, 15) is 4.79 Å². The van der Waals surface area contributed by atoms with E-state index in [2.05, 4.69) is 40.7 Å². The van der Waals surface area contributed by atoms with Gasteiger partial charge >= 0.3 is 0 Å². The van der Waals surface area contributed by atoms with Crippen LogP contribution in [0.3, 0.4) is 0 Å². The molecule has 0 spiro atoms. The molecular formula is C14H26O. The van der Waals surface area contributed by atoms with Crippen LogP contribution in [0.1, 0.15) is 48.0 Å². The maximum atomic E-state index is 10.9. The van der Waals surface area contributed by atoms with Gasteiger partial charge in [-0.2, -0.15) is 0 Å². The van der Waals surface area contributed by atoms with Gasteiger partial charge < -0.3 is 4.79 Å². The molecule has 0 saturated carbocycles. The Bertz CT molecular complexity index is 211. The molecule has 1 heteroatoms. The molecule has 0 aromatic heterocycles. The average Bonchev–Trinajstić information content (AvgIpc) is 2.14. The van der Waals surface area contributed by atoms with Crippen molar-refractivity contribution in [2.45, 2.75) is 48.0 Å². The second kappa shape index (κ2) is 6.81. The molecule has 15 heavy (non-hydrogen) atoms. The minimum atomic E-state index is 0.172. The highest BCUT2D eigenvalue weighted by Gasteiger charge is 2.25. The summed E-state index contributed by atoms with van der Waals surface area (Å²) in [5, 5.41) is 0. The summed E-state index contributed by atoms with van der Waals surface area (Å²) in [4.78, 5) is 10.9. The smallest absolute Gasteiger partial charge is 0.123 e. The second-order valence-corrected chi connectivity index (χ2v) is 5.31. The van der Waals surface area contributed by atoms with Crippen LogP contribution in [0.5, 0.6) is 0 Å². The molecule has 0 N–H and O–H groups in total. The molecule has 0 radical (unpaired) electrons. The third-order valence-corrected chi connectivity index (χ3v) is 3.15. The zero-order valence-electron chi connectivity index (χ0n) is 11.1. The van der Waals surface area contributed by atoms with Crippen molar-refractivity contribution < 1.29 is 4.79 Å². The molecule has 0 aromatic rings. The summed E-state index contributed by atoms with van der Waals surface area (Å²) in [5.74, 6) is 1.83. The van der Waals surface area contributed by atoms with Gasteiger partial charge in [-0.1, -0.05) is 39.3 Å². The molecule has 88 valence electrons. The zero-order chi connectivity index (χ0) is 12.0. The average molecular weight is 210 g/mol. The molecule has 0 heterocycles. The summed E-state index contributed by atoms with van der Waals surface area (Å²) in [6.07, 6.45) is 4.46. The van der Waals surface area contributed by atoms with Crippen molar-refractivity contribution in [3.8, 4) is 0 Å². The van der Waals surface area contributed by atoms with Crippen molar-refractivity contribution in [2.75, 3.05) is 0 Å². The van der Waals surface area contributed by atoms with Crippen LogP contribution in [0.25, 0.3) is 0 Å². The summed E-state index contributed by atoms with van der Waals surface area (Å²) in [6, 6.07) is 0. The third kappa shape index (κ3) is 5.15. The SMILES string of the molecule is CC(C)=CCC(C)C(C(C)C)C(C)C=O. The summed E-state index contributed by atoms with van der Waals surface area (Å²) >= 11 is 0. The molecule has 0 amide bonds. The molecule has 0 aliphatic heterocycles. The Balaban J connectivity index is 4.48. The quantitative estimate of drug-likeness (QED) is 0.477. The Morgan fingerprint density at radius 1 is 1.13 bits per heavy atom. The molecule has 0 aromatic carbocycles. The molecule has 3 unspecified atom stereocenters.